The Labute approximate surface area is 123 Å². The Balaban J connectivity index is 1.54. The normalized spacial score (nSPS) is 29.4. The van der Waals surface area contributed by atoms with Crippen LogP contribution in [0.15, 0.2) is 28.7 Å². The maximum atomic E-state index is 12.2. The minimum Gasteiger partial charge on any atom is -0.311 e. The van der Waals surface area contributed by atoms with Crippen LogP contribution in [0.1, 0.15) is 37.7 Å². The van der Waals surface area contributed by atoms with E-state index in [0.717, 1.165) is 16.5 Å². The molecule has 19 heavy (non-hydrogen) atoms. The zero-order valence-corrected chi connectivity index (χ0v) is 12.7. The van der Waals surface area contributed by atoms with Gasteiger partial charge in [0, 0.05) is 29.4 Å². The molecule has 0 spiro atoms. The first kappa shape index (κ1) is 13.3. The van der Waals surface area contributed by atoms with Gasteiger partial charge in [0.1, 0.15) is 5.78 Å². The van der Waals surface area contributed by atoms with Gasteiger partial charge in [-0.05, 0) is 49.3 Å². The molecule has 2 aliphatic heterocycles. The quantitative estimate of drug-likeness (QED) is 0.919. The number of piperidine rings is 1. The monoisotopic (exact) mass is 321 g/mol. The third-order valence-electron chi connectivity index (χ3n) is 4.38. The van der Waals surface area contributed by atoms with Gasteiger partial charge in [0.15, 0.2) is 0 Å². The van der Waals surface area contributed by atoms with E-state index in [4.69, 9.17) is 0 Å². The zero-order chi connectivity index (χ0) is 13.2. The molecule has 2 saturated heterocycles. The van der Waals surface area contributed by atoms with Crippen molar-refractivity contribution in [1.29, 1.82) is 0 Å². The van der Waals surface area contributed by atoms with E-state index in [-0.39, 0.29) is 0 Å². The Morgan fingerprint density at radius 1 is 1.26 bits per heavy atom. The molecular weight excluding hydrogens is 302 g/mol. The molecule has 0 aliphatic carbocycles. The van der Waals surface area contributed by atoms with Gasteiger partial charge in [-0.2, -0.15) is 0 Å². The molecule has 2 atom stereocenters. The third kappa shape index (κ3) is 3.46. The van der Waals surface area contributed by atoms with E-state index in [2.05, 4.69) is 21.2 Å². The van der Waals surface area contributed by atoms with Gasteiger partial charge < -0.3 is 5.32 Å². The van der Waals surface area contributed by atoms with Crippen molar-refractivity contribution in [2.45, 2.75) is 50.6 Å². The minimum absolute atomic E-state index is 0.393. The van der Waals surface area contributed by atoms with Crippen LogP contribution in [0.5, 0.6) is 0 Å². The molecule has 2 aliphatic rings. The van der Waals surface area contributed by atoms with Gasteiger partial charge in [-0.15, -0.1) is 0 Å². The Morgan fingerprint density at radius 2 is 2.00 bits per heavy atom. The number of Topliss-reactive ketones (excluding diaryl/α,β-unsaturated/α-hetero) is 1. The van der Waals surface area contributed by atoms with Crippen LogP contribution in [0.25, 0.3) is 0 Å². The Kier molecular flexibility index (Phi) is 4.04. The number of fused-ring (bicyclic) bond motifs is 2. The van der Waals surface area contributed by atoms with Crippen LogP contribution in [0, 0.1) is 5.92 Å². The summed E-state index contributed by atoms with van der Waals surface area (Å²) in [7, 11) is 0. The van der Waals surface area contributed by atoms with Crippen LogP contribution in [0.2, 0.25) is 0 Å². The molecule has 2 heterocycles. The first-order valence-electron chi connectivity index (χ1n) is 7.21. The molecule has 0 amide bonds. The number of carbonyl (C=O) groups is 1. The third-order valence-corrected chi connectivity index (χ3v) is 4.87. The van der Waals surface area contributed by atoms with E-state index in [1.807, 2.05) is 24.3 Å². The number of ketones is 1. The summed E-state index contributed by atoms with van der Waals surface area (Å²) in [6.07, 6.45) is 6.35. The maximum Gasteiger partial charge on any atom is 0.137 e. The molecular formula is C16H20BrNO. The number of halogens is 1. The lowest BCUT2D eigenvalue weighted by atomic mass is 9.87. The number of rotatable bonds is 4. The molecule has 1 N–H and O–H groups in total. The number of carbonyl (C=O) groups excluding carboxylic acids is 1. The lowest BCUT2D eigenvalue weighted by molar-refractivity contribution is -0.119. The van der Waals surface area contributed by atoms with Crippen molar-refractivity contribution in [2.75, 3.05) is 0 Å². The predicted molar refractivity (Wildman–Crippen MR) is 80.1 cm³/mol. The standard InChI is InChI=1S/C16H20BrNO/c17-13-3-1-2-11(6-13)9-16(19)10-12-7-14-4-5-15(8-12)18-14/h1-3,6,12,14-15,18H,4-5,7-10H2. The molecule has 2 fully saturated rings. The molecule has 3 heteroatoms. The lowest BCUT2D eigenvalue weighted by Gasteiger charge is -2.28. The fourth-order valence-electron chi connectivity index (χ4n) is 3.61. The highest BCUT2D eigenvalue weighted by molar-refractivity contribution is 9.10. The van der Waals surface area contributed by atoms with Crippen LogP contribution in [-0.2, 0) is 11.2 Å². The van der Waals surface area contributed by atoms with Crippen molar-refractivity contribution < 1.29 is 4.79 Å². The van der Waals surface area contributed by atoms with E-state index in [1.54, 1.807) is 0 Å². The average molecular weight is 322 g/mol. The fraction of sp³-hybridized carbons (Fsp3) is 0.562. The molecule has 2 bridgehead atoms. The highest BCUT2D eigenvalue weighted by atomic mass is 79.9. The zero-order valence-electron chi connectivity index (χ0n) is 11.1. The summed E-state index contributed by atoms with van der Waals surface area (Å²) in [6.45, 7) is 0. The maximum absolute atomic E-state index is 12.2. The van der Waals surface area contributed by atoms with Crippen LogP contribution >= 0.6 is 15.9 Å². The van der Waals surface area contributed by atoms with E-state index >= 15 is 0 Å². The predicted octanol–water partition coefficient (Wildman–Crippen LogP) is 3.48. The molecule has 2 nitrogen and oxygen atoms in total. The molecule has 0 saturated carbocycles. The summed E-state index contributed by atoms with van der Waals surface area (Å²) in [5, 5.41) is 3.63. The molecule has 0 radical (unpaired) electrons. The smallest absolute Gasteiger partial charge is 0.137 e. The molecule has 2 unspecified atom stereocenters. The van der Waals surface area contributed by atoms with E-state index < -0.39 is 0 Å². The second-order valence-corrected chi connectivity index (χ2v) is 6.94. The van der Waals surface area contributed by atoms with Crippen molar-refractivity contribution >= 4 is 21.7 Å². The van der Waals surface area contributed by atoms with Crippen LogP contribution in [0.3, 0.4) is 0 Å². The van der Waals surface area contributed by atoms with Crippen LogP contribution in [-0.4, -0.2) is 17.9 Å². The average Bonchev–Trinajstić information content (AvgIpc) is 2.68. The fourth-order valence-corrected chi connectivity index (χ4v) is 4.06. The number of hydrogen-bond donors (Lipinski definition) is 1. The van der Waals surface area contributed by atoms with E-state index in [1.165, 1.54) is 25.7 Å². The van der Waals surface area contributed by atoms with Crippen LogP contribution < -0.4 is 5.32 Å². The molecule has 102 valence electrons. The van der Waals surface area contributed by atoms with Gasteiger partial charge >= 0.3 is 0 Å². The summed E-state index contributed by atoms with van der Waals surface area (Å²) in [5.74, 6) is 1.00. The SMILES string of the molecule is O=C(Cc1cccc(Br)c1)CC1CC2CCC(C1)N2. The van der Waals surface area contributed by atoms with Gasteiger partial charge in [-0.1, -0.05) is 28.1 Å². The molecule has 1 aromatic carbocycles. The number of benzene rings is 1. The Morgan fingerprint density at radius 3 is 2.68 bits per heavy atom. The summed E-state index contributed by atoms with van der Waals surface area (Å²) in [4.78, 5) is 12.2. The highest BCUT2D eigenvalue weighted by Gasteiger charge is 2.33. The second kappa shape index (κ2) is 5.76. The van der Waals surface area contributed by atoms with Crippen molar-refractivity contribution in [3.63, 3.8) is 0 Å². The van der Waals surface area contributed by atoms with Gasteiger partial charge in [0.2, 0.25) is 0 Å². The number of hydrogen-bond acceptors (Lipinski definition) is 2. The van der Waals surface area contributed by atoms with Gasteiger partial charge in [-0.25, -0.2) is 0 Å². The second-order valence-electron chi connectivity index (χ2n) is 6.02. The first-order chi connectivity index (χ1) is 9.19. The van der Waals surface area contributed by atoms with Crippen molar-refractivity contribution in [2.24, 2.45) is 5.92 Å². The van der Waals surface area contributed by atoms with Gasteiger partial charge in [0.25, 0.3) is 0 Å². The van der Waals surface area contributed by atoms with Crippen LogP contribution in [0.4, 0.5) is 0 Å². The van der Waals surface area contributed by atoms with Crippen molar-refractivity contribution in [3.8, 4) is 0 Å². The topological polar surface area (TPSA) is 29.1 Å². The number of nitrogens with one attached hydrogen (secondary N) is 1. The Bertz CT molecular complexity index is 462. The van der Waals surface area contributed by atoms with Gasteiger partial charge in [0.05, 0.1) is 0 Å². The van der Waals surface area contributed by atoms with Gasteiger partial charge in [-0.3, -0.25) is 4.79 Å². The van der Waals surface area contributed by atoms with E-state index in [9.17, 15) is 4.79 Å². The first-order valence-corrected chi connectivity index (χ1v) is 8.00. The summed E-state index contributed by atoms with van der Waals surface area (Å²) in [6, 6.07) is 9.44. The highest BCUT2D eigenvalue weighted by Crippen LogP contribution is 2.33. The molecule has 0 aromatic heterocycles. The summed E-state index contributed by atoms with van der Waals surface area (Å²) >= 11 is 3.46. The summed E-state index contributed by atoms with van der Waals surface area (Å²) in [5.41, 5.74) is 1.12. The van der Waals surface area contributed by atoms with Crippen molar-refractivity contribution in [1.82, 2.24) is 5.32 Å². The largest absolute Gasteiger partial charge is 0.311 e. The van der Waals surface area contributed by atoms with E-state index in [0.29, 0.717) is 30.2 Å². The molecule has 1 aromatic rings. The lowest BCUT2D eigenvalue weighted by Crippen LogP contribution is -2.38. The minimum atomic E-state index is 0.393. The summed E-state index contributed by atoms with van der Waals surface area (Å²) < 4.78 is 1.05. The Hall–Kier alpha value is -0.670. The van der Waals surface area contributed by atoms with Crippen molar-refractivity contribution in [3.05, 3.63) is 34.3 Å². The molecule has 3 rings (SSSR count).